The number of amides is 2. The first kappa shape index (κ1) is 20.6. The highest BCUT2D eigenvalue weighted by atomic mass is 35.5. The Hall–Kier alpha value is -3.70. The molecule has 2 heterocycles. The fraction of sp³-hybridized carbons (Fsp3) is 0.0909. The molecular formula is C22H11ClF3N3O2. The van der Waals surface area contributed by atoms with Gasteiger partial charge in [-0.05, 0) is 48.0 Å². The van der Waals surface area contributed by atoms with E-state index < -0.39 is 29.5 Å². The third-order valence-electron chi connectivity index (χ3n) is 4.89. The minimum atomic E-state index is -4.69. The Bertz CT molecular complexity index is 1230. The molecule has 5 nitrogen and oxygen atoms in total. The smallest absolute Gasteiger partial charge is 0.273 e. The van der Waals surface area contributed by atoms with Gasteiger partial charge < -0.3 is 0 Å². The maximum atomic E-state index is 13.4. The number of hydrogen-bond donors (Lipinski definition) is 0. The molecular weight excluding hydrogens is 431 g/mol. The first-order chi connectivity index (χ1) is 14.7. The van der Waals surface area contributed by atoms with Crippen LogP contribution in [0.5, 0.6) is 0 Å². The molecule has 3 aromatic rings. The van der Waals surface area contributed by atoms with Crippen molar-refractivity contribution < 1.29 is 22.8 Å². The van der Waals surface area contributed by atoms with Crippen molar-refractivity contribution >= 4 is 29.1 Å². The number of hydrogen-bond acceptors (Lipinski definition) is 4. The summed E-state index contributed by atoms with van der Waals surface area (Å²) in [4.78, 5) is 31.1. The first-order valence-corrected chi connectivity index (χ1v) is 9.29. The Morgan fingerprint density at radius 1 is 1.03 bits per heavy atom. The number of imide groups is 1. The van der Waals surface area contributed by atoms with E-state index in [1.807, 2.05) is 6.07 Å². The van der Waals surface area contributed by atoms with Crippen LogP contribution >= 0.6 is 11.6 Å². The molecule has 2 aromatic carbocycles. The fourth-order valence-electron chi connectivity index (χ4n) is 3.41. The van der Waals surface area contributed by atoms with E-state index in [1.54, 1.807) is 0 Å². The van der Waals surface area contributed by atoms with Gasteiger partial charge in [0.05, 0.1) is 28.8 Å². The third-order valence-corrected chi connectivity index (χ3v) is 5.14. The van der Waals surface area contributed by atoms with Crippen molar-refractivity contribution in [3.05, 3.63) is 93.8 Å². The van der Waals surface area contributed by atoms with Crippen molar-refractivity contribution in [1.82, 2.24) is 4.98 Å². The van der Waals surface area contributed by atoms with Crippen LogP contribution in [0.25, 0.3) is 0 Å². The Morgan fingerprint density at radius 3 is 2.26 bits per heavy atom. The maximum Gasteiger partial charge on any atom is 0.417 e. The molecule has 2 amide bonds. The summed E-state index contributed by atoms with van der Waals surface area (Å²) >= 11 is 5.91. The molecule has 1 unspecified atom stereocenters. The normalized spacial score (nSPS) is 16.1. The van der Waals surface area contributed by atoms with Crippen LogP contribution in [0.1, 0.15) is 38.7 Å². The summed E-state index contributed by atoms with van der Waals surface area (Å²) < 4.78 is 39.9. The molecule has 154 valence electrons. The van der Waals surface area contributed by atoms with Crippen molar-refractivity contribution in [3.63, 3.8) is 0 Å². The summed E-state index contributed by atoms with van der Waals surface area (Å²) in [5, 5.41) is 9.35. The molecule has 9 heteroatoms. The molecule has 0 bridgehead atoms. The largest absolute Gasteiger partial charge is 0.417 e. The van der Waals surface area contributed by atoms with Crippen LogP contribution in [-0.2, 0) is 11.0 Å². The van der Waals surface area contributed by atoms with Gasteiger partial charge in [0.15, 0.2) is 0 Å². The lowest BCUT2D eigenvalue weighted by atomic mass is 9.84. The fourth-order valence-corrected chi connectivity index (χ4v) is 3.54. The van der Waals surface area contributed by atoms with E-state index in [4.69, 9.17) is 16.9 Å². The Labute approximate surface area is 179 Å². The molecule has 0 spiro atoms. The van der Waals surface area contributed by atoms with E-state index >= 15 is 0 Å². The minimum absolute atomic E-state index is 0.128. The Morgan fingerprint density at radius 2 is 1.68 bits per heavy atom. The predicted molar refractivity (Wildman–Crippen MR) is 106 cm³/mol. The minimum Gasteiger partial charge on any atom is -0.273 e. The highest BCUT2D eigenvalue weighted by Gasteiger charge is 2.43. The van der Waals surface area contributed by atoms with Crippen LogP contribution in [0.15, 0.2) is 60.8 Å². The second-order valence-corrected chi connectivity index (χ2v) is 7.22. The topological polar surface area (TPSA) is 74.1 Å². The van der Waals surface area contributed by atoms with E-state index in [0.717, 1.165) is 11.0 Å². The van der Waals surface area contributed by atoms with Gasteiger partial charge in [-0.1, -0.05) is 23.7 Å². The number of halogens is 4. The molecule has 31 heavy (non-hydrogen) atoms. The number of nitriles is 1. The van der Waals surface area contributed by atoms with Crippen molar-refractivity contribution in [2.24, 2.45) is 0 Å². The number of carbonyl (C=O) groups is 2. The van der Waals surface area contributed by atoms with Gasteiger partial charge in [0.1, 0.15) is 5.69 Å². The zero-order chi connectivity index (χ0) is 22.3. The number of pyridine rings is 1. The highest BCUT2D eigenvalue weighted by molar-refractivity contribution is 6.30. The van der Waals surface area contributed by atoms with Gasteiger partial charge in [-0.15, -0.1) is 0 Å². The maximum absolute atomic E-state index is 13.4. The lowest BCUT2D eigenvalue weighted by Gasteiger charge is -2.32. The third kappa shape index (κ3) is 3.64. The molecule has 1 aromatic heterocycles. The number of alkyl halides is 3. The van der Waals surface area contributed by atoms with E-state index in [1.165, 1.54) is 48.5 Å². The number of aromatic nitrogens is 1. The van der Waals surface area contributed by atoms with Crippen LogP contribution in [0.2, 0.25) is 5.02 Å². The van der Waals surface area contributed by atoms with E-state index in [-0.39, 0.29) is 16.9 Å². The Kier molecular flexibility index (Phi) is 4.99. The van der Waals surface area contributed by atoms with Crippen LogP contribution in [0.3, 0.4) is 0 Å². The molecule has 0 aliphatic carbocycles. The summed E-state index contributed by atoms with van der Waals surface area (Å²) in [5.41, 5.74) is -0.571. The molecule has 1 aliphatic heterocycles. The molecule has 0 saturated heterocycles. The molecule has 1 aliphatic rings. The zero-order valence-corrected chi connectivity index (χ0v) is 16.3. The quantitative estimate of drug-likeness (QED) is 0.528. The summed E-state index contributed by atoms with van der Waals surface area (Å²) in [7, 11) is 0. The van der Waals surface area contributed by atoms with Gasteiger partial charge in [0, 0.05) is 16.8 Å². The second kappa shape index (κ2) is 7.52. The van der Waals surface area contributed by atoms with Gasteiger partial charge in [0.2, 0.25) is 5.91 Å². The summed E-state index contributed by atoms with van der Waals surface area (Å²) in [6.45, 7) is 0. The second-order valence-electron chi connectivity index (χ2n) is 6.78. The number of fused-ring (bicyclic) bond motifs is 1. The number of carbonyl (C=O) groups excluding carboxylic acids is 2. The number of rotatable bonds is 2. The lowest BCUT2D eigenvalue weighted by molar-refractivity contribution is -0.138. The average Bonchev–Trinajstić information content (AvgIpc) is 2.74. The molecule has 1 atom stereocenters. The van der Waals surface area contributed by atoms with Gasteiger partial charge in [-0.25, -0.2) is 4.90 Å². The highest BCUT2D eigenvalue weighted by Crippen LogP contribution is 2.39. The SMILES string of the molecule is N#Cc1ccc(N2C(=O)c3ncc(C(F)(F)F)cc3C(c3ccc(Cl)cc3)C2=O)cc1. The zero-order valence-electron chi connectivity index (χ0n) is 15.5. The van der Waals surface area contributed by atoms with Crippen LogP contribution in [-0.4, -0.2) is 16.8 Å². The first-order valence-electron chi connectivity index (χ1n) is 8.92. The number of anilines is 1. The van der Waals surface area contributed by atoms with Crippen LogP contribution < -0.4 is 4.90 Å². The molecule has 0 N–H and O–H groups in total. The van der Waals surface area contributed by atoms with Gasteiger partial charge in [-0.2, -0.15) is 18.4 Å². The van der Waals surface area contributed by atoms with Gasteiger partial charge >= 0.3 is 6.18 Å². The van der Waals surface area contributed by atoms with Crippen molar-refractivity contribution in [2.45, 2.75) is 12.1 Å². The lowest BCUT2D eigenvalue weighted by Crippen LogP contribution is -2.46. The number of nitrogens with zero attached hydrogens (tertiary/aromatic N) is 3. The van der Waals surface area contributed by atoms with Gasteiger partial charge in [-0.3, -0.25) is 14.6 Å². The van der Waals surface area contributed by atoms with Crippen molar-refractivity contribution in [1.29, 1.82) is 5.26 Å². The Balaban J connectivity index is 1.92. The molecule has 0 fully saturated rings. The monoisotopic (exact) mass is 441 g/mol. The van der Waals surface area contributed by atoms with E-state index in [0.29, 0.717) is 22.3 Å². The predicted octanol–water partition coefficient (Wildman–Crippen LogP) is 4.94. The summed E-state index contributed by atoms with van der Waals surface area (Å²) in [6.07, 6.45) is -4.12. The van der Waals surface area contributed by atoms with Gasteiger partial charge in [0.25, 0.3) is 5.91 Å². The molecule has 4 rings (SSSR count). The van der Waals surface area contributed by atoms with E-state index in [2.05, 4.69) is 4.98 Å². The molecule has 0 saturated carbocycles. The average molecular weight is 442 g/mol. The number of benzene rings is 2. The van der Waals surface area contributed by atoms with Crippen LogP contribution in [0.4, 0.5) is 18.9 Å². The van der Waals surface area contributed by atoms with E-state index in [9.17, 15) is 22.8 Å². The summed E-state index contributed by atoms with van der Waals surface area (Å²) in [6, 6.07) is 14.5. The molecule has 0 radical (unpaired) electrons. The van der Waals surface area contributed by atoms with Crippen LogP contribution in [0, 0.1) is 11.3 Å². The summed E-state index contributed by atoms with van der Waals surface area (Å²) in [5.74, 6) is -2.77. The van der Waals surface area contributed by atoms with Crippen molar-refractivity contribution in [3.8, 4) is 6.07 Å². The van der Waals surface area contributed by atoms with Crippen molar-refractivity contribution in [2.75, 3.05) is 4.90 Å². The standard InChI is InChI=1S/C22H11ClF3N3O2/c23-15-5-3-13(4-6-15)18-17-9-14(22(24,25)26)11-28-19(17)21(31)29(20(18)30)16-7-1-12(10-27)2-8-16/h1-9,11,18H.